The Morgan fingerprint density at radius 1 is 1.27 bits per heavy atom. The maximum absolute atomic E-state index is 11.4. The van der Waals surface area contributed by atoms with Gasteiger partial charge in [-0.2, -0.15) is 0 Å². The van der Waals surface area contributed by atoms with E-state index in [-0.39, 0.29) is 30.8 Å². The molecule has 2 aliphatic carbocycles. The van der Waals surface area contributed by atoms with Gasteiger partial charge in [-0.25, -0.2) is 6.08 Å². The van der Waals surface area contributed by atoms with Crippen molar-refractivity contribution in [3.63, 3.8) is 0 Å². The fraction of sp³-hybridized carbons (Fsp3) is 0.182. The summed E-state index contributed by atoms with van der Waals surface area (Å²) in [5.74, 6) is -0.219. The molecule has 0 aromatic rings. The third-order valence-electron chi connectivity index (χ3n) is 2.12. The molecule has 0 aromatic carbocycles. The molecule has 2 atom stereocenters. The number of fused-ring (bicyclic) bond motifs is 1. The molecule has 0 aliphatic heterocycles. The SMILES string of the molecule is N=C1C=[C-]C2C=CC=CC2C1=O.[CH3-].[O]=[Os]. The first-order valence-electron chi connectivity index (χ1n) is 4.00. The Morgan fingerprint density at radius 3 is 2.53 bits per heavy atom. The monoisotopic (exact) mass is 381 g/mol. The van der Waals surface area contributed by atoms with Gasteiger partial charge in [-0.1, -0.05) is 35.9 Å². The second-order valence-corrected chi connectivity index (χ2v) is 2.91. The summed E-state index contributed by atoms with van der Waals surface area (Å²) >= 11 is 0.611. The third kappa shape index (κ3) is 2.97. The van der Waals surface area contributed by atoms with Gasteiger partial charge in [0.1, 0.15) is 5.78 Å². The number of carbonyl (C=O) groups is 1. The van der Waals surface area contributed by atoms with Crippen LogP contribution < -0.4 is 0 Å². The van der Waals surface area contributed by atoms with Crippen LogP contribution in [-0.4, -0.2) is 11.5 Å². The average Bonchev–Trinajstić information content (AvgIpc) is 2.27. The van der Waals surface area contributed by atoms with Crippen LogP contribution in [0.5, 0.6) is 0 Å². The van der Waals surface area contributed by atoms with Gasteiger partial charge in [0.2, 0.25) is 0 Å². The van der Waals surface area contributed by atoms with E-state index in [9.17, 15) is 4.79 Å². The number of nitrogens with one attached hydrogen (secondary N) is 1. The van der Waals surface area contributed by atoms with E-state index < -0.39 is 0 Å². The van der Waals surface area contributed by atoms with Crippen molar-refractivity contribution in [2.45, 2.75) is 0 Å². The van der Waals surface area contributed by atoms with Crippen molar-refractivity contribution in [1.82, 2.24) is 0 Å². The van der Waals surface area contributed by atoms with E-state index >= 15 is 0 Å². The van der Waals surface area contributed by atoms with Gasteiger partial charge in [0.25, 0.3) is 0 Å². The molecule has 0 spiro atoms. The molecule has 0 bridgehead atoms. The fourth-order valence-corrected chi connectivity index (χ4v) is 1.45. The molecule has 0 saturated carbocycles. The normalized spacial score (nSPS) is 26.2. The second-order valence-electron chi connectivity index (χ2n) is 2.91. The van der Waals surface area contributed by atoms with Gasteiger partial charge in [0.15, 0.2) is 0 Å². The van der Waals surface area contributed by atoms with Gasteiger partial charge < -0.3 is 17.6 Å². The number of Topliss-reactive ketones (excluding diaryl/α,β-unsaturated/α-hetero) is 1. The zero-order chi connectivity index (χ0) is 10.6. The molecule has 0 amide bonds. The summed E-state index contributed by atoms with van der Waals surface area (Å²) in [6.45, 7) is 0. The van der Waals surface area contributed by atoms with Crippen LogP contribution in [0.15, 0.2) is 30.4 Å². The van der Waals surface area contributed by atoms with Crippen molar-refractivity contribution in [3.05, 3.63) is 43.9 Å². The van der Waals surface area contributed by atoms with E-state index in [1.807, 2.05) is 24.3 Å². The topological polar surface area (TPSA) is 58.0 Å². The molecule has 0 aromatic heterocycles. The van der Waals surface area contributed by atoms with Gasteiger partial charge in [-0.3, -0.25) is 6.08 Å². The Morgan fingerprint density at radius 2 is 1.87 bits per heavy atom. The zero-order valence-electron chi connectivity index (χ0n) is 8.21. The average molecular weight is 379 g/mol. The summed E-state index contributed by atoms with van der Waals surface area (Å²) in [6, 6.07) is 0. The Labute approximate surface area is 99.6 Å². The van der Waals surface area contributed by atoms with Crippen molar-refractivity contribution in [2.75, 3.05) is 0 Å². The van der Waals surface area contributed by atoms with Crippen molar-refractivity contribution in [2.24, 2.45) is 11.8 Å². The number of ketones is 1. The Kier molecular flexibility index (Phi) is 6.04. The first-order chi connectivity index (χ1) is 6.79. The molecule has 0 fully saturated rings. The number of hydrogen-bond acceptors (Lipinski definition) is 3. The predicted octanol–water partition coefficient (Wildman–Crippen LogP) is 1.64. The van der Waals surface area contributed by atoms with Crippen LogP contribution in [-0.2, 0) is 26.9 Å². The molecule has 82 valence electrons. The fourth-order valence-electron chi connectivity index (χ4n) is 1.45. The van der Waals surface area contributed by atoms with Crippen LogP contribution in [0.2, 0.25) is 0 Å². The molecule has 0 radical (unpaired) electrons. The molecule has 2 aliphatic rings. The molecular formula is C11H11NO2Os-2. The maximum atomic E-state index is 11.4. The molecular weight excluding hydrogens is 368 g/mol. The molecule has 3 nitrogen and oxygen atoms in total. The second kappa shape index (κ2) is 6.47. The third-order valence-corrected chi connectivity index (χ3v) is 2.12. The van der Waals surface area contributed by atoms with E-state index in [0.717, 1.165) is 0 Å². The van der Waals surface area contributed by atoms with Crippen LogP contribution in [0.25, 0.3) is 0 Å². The molecule has 2 rings (SSSR count). The molecule has 15 heavy (non-hydrogen) atoms. The molecule has 1 N–H and O–H groups in total. The van der Waals surface area contributed by atoms with Crippen LogP contribution in [0.3, 0.4) is 0 Å². The number of allylic oxidation sites excluding steroid dienone is 6. The predicted molar refractivity (Wildman–Crippen MR) is 52.9 cm³/mol. The molecule has 2 unspecified atom stereocenters. The minimum atomic E-state index is -0.174. The van der Waals surface area contributed by atoms with E-state index in [1.165, 1.54) is 6.08 Å². The van der Waals surface area contributed by atoms with E-state index in [0.29, 0.717) is 18.6 Å². The quantitative estimate of drug-likeness (QED) is 0.651. The van der Waals surface area contributed by atoms with Crippen molar-refractivity contribution in [3.8, 4) is 0 Å². The van der Waals surface area contributed by atoms with Gasteiger partial charge in [0, 0.05) is 5.92 Å². The Hall–Kier alpha value is -1.00. The number of hydrogen-bond donors (Lipinski definition) is 1. The zero-order valence-corrected chi connectivity index (χ0v) is 10.8. The van der Waals surface area contributed by atoms with E-state index in [2.05, 4.69) is 6.08 Å². The molecule has 0 heterocycles. The minimum absolute atomic E-state index is 0. The number of rotatable bonds is 0. The first-order valence-corrected chi connectivity index (χ1v) is 5.04. The first kappa shape index (κ1) is 14.0. The van der Waals surface area contributed by atoms with Crippen molar-refractivity contribution in [1.29, 1.82) is 5.41 Å². The van der Waals surface area contributed by atoms with E-state index in [4.69, 9.17) is 8.95 Å². The van der Waals surface area contributed by atoms with Crippen molar-refractivity contribution < 1.29 is 26.9 Å². The Balaban J connectivity index is 0.000000617. The van der Waals surface area contributed by atoms with Gasteiger partial charge in [0.05, 0.1) is 0 Å². The van der Waals surface area contributed by atoms with Crippen molar-refractivity contribution >= 4 is 11.5 Å². The summed E-state index contributed by atoms with van der Waals surface area (Å²) < 4.78 is 8.28. The number of carbonyl (C=O) groups excluding carboxylic acids is 1. The standard InChI is InChI=1S/C10H8NO.CH3.O.Os/c11-9-6-5-7-3-1-2-4-8(7)10(9)12;;;/h1-4,6-8,11H;1H3;;/q2*-1;;. The van der Waals surface area contributed by atoms with Gasteiger partial charge in [-0.05, 0) is 0 Å². The van der Waals surface area contributed by atoms with Crippen LogP contribution in [0.4, 0.5) is 0 Å². The summed E-state index contributed by atoms with van der Waals surface area (Å²) in [5.41, 5.74) is 0.0659. The molecule has 0 saturated heterocycles. The van der Waals surface area contributed by atoms with Gasteiger partial charge >= 0.3 is 22.1 Å². The summed E-state index contributed by atoms with van der Waals surface area (Å²) in [4.78, 5) is 11.4. The Bertz CT molecular complexity index is 344. The van der Waals surface area contributed by atoms with E-state index in [1.54, 1.807) is 0 Å². The molecule has 4 heteroatoms. The van der Waals surface area contributed by atoms with Gasteiger partial charge in [-0.15, -0.1) is 0 Å². The van der Waals surface area contributed by atoms with Crippen LogP contribution in [0, 0.1) is 30.7 Å². The van der Waals surface area contributed by atoms with Crippen LogP contribution >= 0.6 is 0 Å². The van der Waals surface area contributed by atoms with Crippen LogP contribution in [0.1, 0.15) is 0 Å². The summed E-state index contributed by atoms with van der Waals surface area (Å²) in [6.07, 6.45) is 12.0. The summed E-state index contributed by atoms with van der Waals surface area (Å²) in [7, 11) is 0. The summed E-state index contributed by atoms with van der Waals surface area (Å²) in [5, 5.41) is 7.29.